The molecule has 1 aromatic rings. The first kappa shape index (κ1) is 22.8. The van der Waals surface area contributed by atoms with E-state index in [1.807, 2.05) is 29.1 Å². The van der Waals surface area contributed by atoms with Gasteiger partial charge in [-0.1, -0.05) is 19.3 Å². The highest BCUT2D eigenvalue weighted by molar-refractivity contribution is 6.17. The molecular weight excluding hydrogens is 428 g/mol. The number of carbonyl (C=O) groups is 1. The fourth-order valence-corrected chi connectivity index (χ4v) is 4.91. The van der Waals surface area contributed by atoms with Crippen molar-refractivity contribution >= 4 is 29.0 Å². The molecule has 2 aliphatic heterocycles. The molecular formula is C24H33ClN4O3. The zero-order valence-electron chi connectivity index (χ0n) is 18.8. The summed E-state index contributed by atoms with van der Waals surface area (Å²) in [6.07, 6.45) is 13.7. The molecule has 0 saturated heterocycles. The molecule has 32 heavy (non-hydrogen) atoms. The summed E-state index contributed by atoms with van der Waals surface area (Å²) >= 11 is 5.88. The number of halogens is 1. The Morgan fingerprint density at radius 3 is 2.88 bits per heavy atom. The van der Waals surface area contributed by atoms with Gasteiger partial charge in [0.05, 0.1) is 18.8 Å². The molecule has 0 bridgehead atoms. The van der Waals surface area contributed by atoms with Crippen molar-refractivity contribution in [1.29, 1.82) is 0 Å². The van der Waals surface area contributed by atoms with Crippen molar-refractivity contribution in [2.75, 3.05) is 42.4 Å². The van der Waals surface area contributed by atoms with Crippen LogP contribution in [0.15, 0.2) is 40.8 Å². The largest absolute Gasteiger partial charge is 0.496 e. The Labute approximate surface area is 194 Å². The van der Waals surface area contributed by atoms with E-state index in [1.54, 1.807) is 12.3 Å². The van der Waals surface area contributed by atoms with Crippen LogP contribution in [0, 0.1) is 0 Å². The maximum absolute atomic E-state index is 12.5. The fourth-order valence-electron chi connectivity index (χ4n) is 4.79. The third-order valence-corrected chi connectivity index (χ3v) is 6.83. The van der Waals surface area contributed by atoms with Crippen LogP contribution in [0.5, 0.6) is 0 Å². The number of hydrogen-bond donors (Lipinski definition) is 1. The number of aromatic nitrogens is 1. The quantitative estimate of drug-likeness (QED) is 0.446. The topological polar surface area (TPSA) is 68.9 Å². The number of ether oxygens (including phenoxy) is 1. The van der Waals surface area contributed by atoms with Crippen LogP contribution in [-0.4, -0.2) is 54.5 Å². The summed E-state index contributed by atoms with van der Waals surface area (Å²) in [7, 11) is 1.94. The highest BCUT2D eigenvalue weighted by Crippen LogP contribution is 2.36. The monoisotopic (exact) mass is 460 g/mol. The van der Waals surface area contributed by atoms with E-state index >= 15 is 0 Å². The lowest BCUT2D eigenvalue weighted by Gasteiger charge is -2.33. The van der Waals surface area contributed by atoms with Gasteiger partial charge in [-0.25, -0.2) is 0 Å². The average Bonchev–Trinajstić information content (AvgIpc) is 3.23. The second-order valence-electron chi connectivity index (χ2n) is 8.77. The summed E-state index contributed by atoms with van der Waals surface area (Å²) in [6.45, 7) is 1.75. The second-order valence-corrected chi connectivity index (χ2v) is 9.15. The molecule has 0 atom stereocenters. The number of allylic oxidation sites excluding steroid dienone is 1. The summed E-state index contributed by atoms with van der Waals surface area (Å²) in [5.74, 6) is 2.38. The summed E-state index contributed by atoms with van der Waals surface area (Å²) < 4.78 is 6.01. The number of pyridine rings is 1. The Balaban J connectivity index is 1.32. The maximum Gasteiger partial charge on any atom is 0.222 e. The summed E-state index contributed by atoms with van der Waals surface area (Å²) in [5, 5.41) is 0. The standard InChI is InChI=1S/C24H33ClN4O3/c1-27(18-7-3-2-4-8-18)22(31)9-5-14-32-20-15-19-16-28(13-6-11-25)23-21(30)10-12-26-24(23)29(19)17-20/h10,12,15-16,18H,2-9,11,13-14,17H2,1H3,(H,26,30). The zero-order chi connectivity index (χ0) is 22.5. The Morgan fingerprint density at radius 1 is 1.28 bits per heavy atom. The van der Waals surface area contributed by atoms with Crippen LogP contribution in [0.1, 0.15) is 51.4 Å². The molecule has 3 heterocycles. The number of carbonyl (C=O) groups excluding carboxylic acids is 1. The number of hydrogen-bond acceptors (Lipinski definition) is 5. The Hall–Kier alpha value is -2.41. The van der Waals surface area contributed by atoms with Crippen LogP contribution in [0.2, 0.25) is 0 Å². The molecule has 1 saturated carbocycles. The molecule has 0 unspecified atom stereocenters. The van der Waals surface area contributed by atoms with Gasteiger partial charge < -0.3 is 24.4 Å². The molecule has 1 fully saturated rings. The zero-order valence-corrected chi connectivity index (χ0v) is 19.6. The van der Waals surface area contributed by atoms with E-state index in [-0.39, 0.29) is 11.3 Å². The number of nitrogens with zero attached hydrogens (tertiary/aromatic N) is 3. The first-order valence-electron chi connectivity index (χ1n) is 11.7. The van der Waals surface area contributed by atoms with E-state index in [4.69, 9.17) is 16.3 Å². The Kier molecular flexibility index (Phi) is 7.45. The van der Waals surface area contributed by atoms with E-state index in [2.05, 4.69) is 9.88 Å². The minimum absolute atomic E-state index is 0.0152. The molecule has 1 N–H and O–H groups in total. The number of anilines is 2. The van der Waals surface area contributed by atoms with Gasteiger partial charge in [-0.2, -0.15) is 0 Å². The van der Waals surface area contributed by atoms with E-state index < -0.39 is 0 Å². The molecule has 0 aromatic carbocycles. The van der Waals surface area contributed by atoms with E-state index in [9.17, 15) is 9.59 Å². The number of fused-ring (bicyclic) bond motifs is 3. The molecule has 8 heteroatoms. The lowest BCUT2D eigenvalue weighted by atomic mass is 9.94. The summed E-state index contributed by atoms with van der Waals surface area (Å²) in [5.41, 5.74) is 1.61. The maximum atomic E-state index is 12.5. The lowest BCUT2D eigenvalue weighted by Crippen LogP contribution is -2.38. The third kappa shape index (κ3) is 4.98. The van der Waals surface area contributed by atoms with Gasteiger partial charge in [-0.15, -0.1) is 11.6 Å². The minimum Gasteiger partial charge on any atom is -0.496 e. The van der Waals surface area contributed by atoms with Crippen LogP contribution < -0.4 is 15.2 Å². The summed E-state index contributed by atoms with van der Waals surface area (Å²) in [6, 6.07) is 1.95. The van der Waals surface area contributed by atoms with Gasteiger partial charge in [-0.3, -0.25) is 9.59 Å². The van der Waals surface area contributed by atoms with Gasteiger partial charge in [0.2, 0.25) is 11.3 Å². The number of amides is 1. The van der Waals surface area contributed by atoms with Crippen molar-refractivity contribution in [3.8, 4) is 0 Å². The molecule has 4 rings (SSSR count). The van der Waals surface area contributed by atoms with E-state index in [1.165, 1.54) is 19.3 Å². The second kappa shape index (κ2) is 10.5. The lowest BCUT2D eigenvalue weighted by molar-refractivity contribution is -0.132. The SMILES string of the molecule is CN(C(=O)CCCOC1=CC2=CN(CCCCl)c3c([nH]ccc3=O)N2C1)C1CCCCC1. The smallest absolute Gasteiger partial charge is 0.222 e. The van der Waals surface area contributed by atoms with Gasteiger partial charge >= 0.3 is 0 Å². The van der Waals surface area contributed by atoms with Gasteiger partial charge in [-0.05, 0) is 25.7 Å². The number of aromatic amines is 1. The molecule has 1 aliphatic carbocycles. The molecule has 1 aromatic heterocycles. The number of nitrogens with one attached hydrogen (secondary N) is 1. The number of rotatable bonds is 9. The predicted octanol–water partition coefficient (Wildman–Crippen LogP) is 3.96. The van der Waals surface area contributed by atoms with Crippen molar-refractivity contribution < 1.29 is 9.53 Å². The molecule has 174 valence electrons. The van der Waals surface area contributed by atoms with Gasteiger partial charge in [0.15, 0.2) is 0 Å². The number of alkyl halides is 1. The van der Waals surface area contributed by atoms with Gasteiger partial charge in [0, 0.05) is 56.5 Å². The third-order valence-electron chi connectivity index (χ3n) is 6.56. The van der Waals surface area contributed by atoms with Crippen LogP contribution in [0.3, 0.4) is 0 Å². The Morgan fingerprint density at radius 2 is 2.09 bits per heavy atom. The first-order chi connectivity index (χ1) is 15.6. The minimum atomic E-state index is -0.0152. The molecule has 3 aliphatic rings. The molecule has 7 nitrogen and oxygen atoms in total. The molecule has 0 spiro atoms. The van der Waals surface area contributed by atoms with Crippen LogP contribution in [-0.2, 0) is 9.53 Å². The van der Waals surface area contributed by atoms with Gasteiger partial charge in [0.1, 0.15) is 17.3 Å². The van der Waals surface area contributed by atoms with Crippen molar-refractivity contribution in [3.05, 3.63) is 46.2 Å². The van der Waals surface area contributed by atoms with E-state index in [0.29, 0.717) is 50.1 Å². The summed E-state index contributed by atoms with van der Waals surface area (Å²) in [4.78, 5) is 34.2. The highest BCUT2D eigenvalue weighted by Gasteiger charge is 2.31. The van der Waals surface area contributed by atoms with Crippen molar-refractivity contribution in [3.63, 3.8) is 0 Å². The van der Waals surface area contributed by atoms with Crippen molar-refractivity contribution in [2.24, 2.45) is 0 Å². The van der Waals surface area contributed by atoms with Crippen molar-refractivity contribution in [2.45, 2.75) is 57.4 Å². The van der Waals surface area contributed by atoms with Crippen LogP contribution >= 0.6 is 11.6 Å². The fraction of sp³-hybridized carbons (Fsp3) is 0.583. The normalized spacial score (nSPS) is 18.1. The molecule has 0 radical (unpaired) electrons. The van der Waals surface area contributed by atoms with Crippen molar-refractivity contribution in [1.82, 2.24) is 9.88 Å². The number of H-pyrrole nitrogens is 1. The first-order valence-corrected chi connectivity index (χ1v) is 12.2. The van der Waals surface area contributed by atoms with Crippen LogP contribution in [0.4, 0.5) is 11.5 Å². The Bertz CT molecular complexity index is 935. The van der Waals surface area contributed by atoms with Gasteiger partial charge in [0.25, 0.3) is 0 Å². The van der Waals surface area contributed by atoms with E-state index in [0.717, 1.165) is 36.5 Å². The van der Waals surface area contributed by atoms with Crippen LogP contribution in [0.25, 0.3) is 0 Å². The average molecular weight is 461 g/mol. The molecule has 1 amide bonds. The highest BCUT2D eigenvalue weighted by atomic mass is 35.5. The predicted molar refractivity (Wildman–Crippen MR) is 128 cm³/mol.